The van der Waals surface area contributed by atoms with E-state index in [0.29, 0.717) is 23.4 Å². The number of alkyl halides is 5. The first kappa shape index (κ1) is 14.9. The topological polar surface area (TPSA) is 46.3 Å². The van der Waals surface area contributed by atoms with E-state index in [4.69, 9.17) is 0 Å². The van der Waals surface area contributed by atoms with Gasteiger partial charge in [-0.25, -0.2) is 8.78 Å². The Hall–Kier alpha value is -2.00. The maximum Gasteiger partial charge on any atom is 0.453 e. The second-order valence-corrected chi connectivity index (χ2v) is 5.14. The largest absolute Gasteiger partial charge is 0.453 e. The van der Waals surface area contributed by atoms with Gasteiger partial charge in [0.1, 0.15) is 5.82 Å². The van der Waals surface area contributed by atoms with Gasteiger partial charge in [-0.05, 0) is 25.0 Å². The monoisotopic (exact) mass is 321 g/mol. The van der Waals surface area contributed by atoms with Crippen LogP contribution < -0.4 is 4.90 Å². The number of hydrogen-bond acceptors (Lipinski definition) is 4. The first-order chi connectivity index (χ1) is 10.4. The third-order valence-corrected chi connectivity index (χ3v) is 3.72. The number of rotatable bonds is 2. The van der Waals surface area contributed by atoms with Crippen molar-refractivity contribution in [1.29, 1.82) is 0 Å². The fraction of sp³-hybridized carbons (Fsp3) is 0.583. The van der Waals surface area contributed by atoms with Gasteiger partial charge in [-0.1, -0.05) is 0 Å². The predicted molar refractivity (Wildman–Crippen MR) is 66.7 cm³/mol. The van der Waals surface area contributed by atoms with E-state index in [1.165, 1.54) is 12.1 Å². The van der Waals surface area contributed by atoms with Gasteiger partial charge in [0.25, 0.3) is 5.82 Å². The van der Waals surface area contributed by atoms with Gasteiger partial charge in [0, 0.05) is 19.0 Å². The van der Waals surface area contributed by atoms with Gasteiger partial charge in [0.05, 0.1) is 0 Å². The third-order valence-electron chi connectivity index (χ3n) is 3.72. The molecule has 0 radical (unpaired) electrons. The van der Waals surface area contributed by atoms with Crippen molar-refractivity contribution < 1.29 is 22.0 Å². The molecule has 0 aromatic carbocycles. The summed E-state index contributed by atoms with van der Waals surface area (Å²) >= 11 is 0. The van der Waals surface area contributed by atoms with Crippen LogP contribution in [0.15, 0.2) is 12.1 Å². The second-order valence-electron chi connectivity index (χ2n) is 5.14. The van der Waals surface area contributed by atoms with Gasteiger partial charge in [-0.3, -0.25) is 0 Å². The Bertz CT molecular complexity index is 659. The Morgan fingerprint density at radius 1 is 1.09 bits per heavy atom. The molecule has 0 unspecified atom stereocenters. The predicted octanol–water partition coefficient (Wildman–Crippen LogP) is 2.62. The maximum absolute atomic E-state index is 12.8. The minimum Gasteiger partial charge on any atom is -0.355 e. The van der Waals surface area contributed by atoms with E-state index in [1.807, 2.05) is 0 Å². The number of fused-ring (bicyclic) bond motifs is 1. The standard InChI is InChI=1S/C12H12F5N5/c13-10(14)7-3-5-21(6-4-7)9-2-1-8-18-19-11(12(15,16)17)22(8)20-9/h1-2,7,10H,3-6H2. The van der Waals surface area contributed by atoms with E-state index in [9.17, 15) is 22.0 Å². The number of halogens is 5. The number of anilines is 1. The molecule has 2 aromatic heterocycles. The second kappa shape index (κ2) is 5.33. The molecule has 0 atom stereocenters. The summed E-state index contributed by atoms with van der Waals surface area (Å²) in [6.45, 7) is 0.661. The van der Waals surface area contributed by atoms with Crippen LogP contribution in [0.5, 0.6) is 0 Å². The molecule has 10 heteroatoms. The molecule has 0 N–H and O–H groups in total. The Morgan fingerprint density at radius 2 is 1.77 bits per heavy atom. The summed E-state index contributed by atoms with van der Waals surface area (Å²) in [5, 5.41) is 10.4. The molecule has 1 fully saturated rings. The molecule has 1 saturated heterocycles. The summed E-state index contributed by atoms with van der Waals surface area (Å²) < 4.78 is 64.3. The lowest BCUT2D eigenvalue weighted by molar-refractivity contribution is -0.146. The zero-order valence-corrected chi connectivity index (χ0v) is 11.3. The lowest BCUT2D eigenvalue weighted by atomic mass is 9.97. The normalized spacial score (nSPS) is 17.6. The Morgan fingerprint density at radius 3 is 2.36 bits per heavy atom. The summed E-state index contributed by atoms with van der Waals surface area (Å²) in [4.78, 5) is 1.69. The number of hydrogen-bond donors (Lipinski definition) is 0. The van der Waals surface area contributed by atoms with E-state index >= 15 is 0 Å². The highest BCUT2D eigenvalue weighted by atomic mass is 19.4. The summed E-state index contributed by atoms with van der Waals surface area (Å²) in [6.07, 6.45) is -6.46. The van der Waals surface area contributed by atoms with Crippen molar-refractivity contribution in [2.75, 3.05) is 18.0 Å². The lowest BCUT2D eigenvalue weighted by Crippen LogP contribution is -2.36. The van der Waals surface area contributed by atoms with E-state index in [-0.39, 0.29) is 18.5 Å². The smallest absolute Gasteiger partial charge is 0.355 e. The van der Waals surface area contributed by atoms with Crippen LogP contribution in [-0.4, -0.2) is 39.3 Å². The number of nitrogens with zero attached hydrogens (tertiary/aromatic N) is 5. The zero-order valence-electron chi connectivity index (χ0n) is 11.3. The van der Waals surface area contributed by atoms with Crippen LogP contribution in [0, 0.1) is 5.92 Å². The third kappa shape index (κ3) is 2.69. The van der Waals surface area contributed by atoms with Crippen molar-refractivity contribution in [3.05, 3.63) is 18.0 Å². The molecular weight excluding hydrogens is 309 g/mol. The molecule has 1 aliphatic heterocycles. The molecule has 0 saturated carbocycles. The molecule has 2 aromatic rings. The molecule has 0 spiro atoms. The quantitative estimate of drug-likeness (QED) is 0.798. The van der Waals surface area contributed by atoms with Crippen LogP contribution in [0.25, 0.3) is 5.65 Å². The molecular formula is C12H12F5N5. The first-order valence-corrected chi connectivity index (χ1v) is 6.69. The average Bonchev–Trinajstić information content (AvgIpc) is 2.90. The molecule has 0 bridgehead atoms. The van der Waals surface area contributed by atoms with E-state index < -0.39 is 24.3 Å². The molecule has 3 heterocycles. The average molecular weight is 321 g/mol. The molecule has 5 nitrogen and oxygen atoms in total. The van der Waals surface area contributed by atoms with Crippen LogP contribution >= 0.6 is 0 Å². The minimum atomic E-state index is -4.66. The zero-order chi connectivity index (χ0) is 15.9. The highest BCUT2D eigenvalue weighted by Gasteiger charge is 2.38. The highest BCUT2D eigenvalue weighted by Crippen LogP contribution is 2.29. The highest BCUT2D eigenvalue weighted by molar-refractivity contribution is 5.46. The van der Waals surface area contributed by atoms with Gasteiger partial charge < -0.3 is 4.90 Å². The SMILES string of the molecule is FC(F)C1CCN(c2ccc3nnc(C(F)(F)F)n3n2)CC1. The Labute approximate surface area is 121 Å². The molecule has 3 rings (SSSR count). The van der Waals surface area contributed by atoms with Crippen LogP contribution in [0.2, 0.25) is 0 Å². The summed E-state index contributed by atoms with van der Waals surface area (Å²) in [5.74, 6) is -1.57. The summed E-state index contributed by atoms with van der Waals surface area (Å²) in [6, 6.07) is 2.90. The van der Waals surface area contributed by atoms with Crippen LogP contribution in [-0.2, 0) is 6.18 Å². The van der Waals surface area contributed by atoms with E-state index in [0.717, 1.165) is 0 Å². The van der Waals surface area contributed by atoms with Crippen LogP contribution in [0.4, 0.5) is 27.8 Å². The van der Waals surface area contributed by atoms with Gasteiger partial charge in [0.15, 0.2) is 5.65 Å². The van der Waals surface area contributed by atoms with E-state index in [2.05, 4.69) is 15.3 Å². The van der Waals surface area contributed by atoms with Gasteiger partial charge in [0.2, 0.25) is 6.43 Å². The summed E-state index contributed by atoms with van der Waals surface area (Å²) in [5.41, 5.74) is -0.0152. The Kier molecular flexibility index (Phi) is 3.61. The van der Waals surface area contributed by atoms with Crippen molar-refractivity contribution in [2.45, 2.75) is 25.4 Å². The van der Waals surface area contributed by atoms with Crippen molar-refractivity contribution in [3.63, 3.8) is 0 Å². The van der Waals surface area contributed by atoms with Crippen molar-refractivity contribution in [1.82, 2.24) is 19.8 Å². The summed E-state index contributed by atoms with van der Waals surface area (Å²) in [7, 11) is 0. The van der Waals surface area contributed by atoms with E-state index in [1.54, 1.807) is 4.90 Å². The maximum atomic E-state index is 12.8. The van der Waals surface area contributed by atoms with Crippen molar-refractivity contribution in [2.24, 2.45) is 5.92 Å². The van der Waals surface area contributed by atoms with Gasteiger partial charge in [-0.2, -0.15) is 17.7 Å². The molecule has 0 amide bonds. The van der Waals surface area contributed by atoms with Crippen LogP contribution in [0.3, 0.4) is 0 Å². The van der Waals surface area contributed by atoms with Gasteiger partial charge >= 0.3 is 6.18 Å². The molecule has 0 aliphatic carbocycles. The first-order valence-electron chi connectivity index (χ1n) is 6.69. The fourth-order valence-corrected chi connectivity index (χ4v) is 2.51. The Balaban J connectivity index is 1.86. The lowest BCUT2D eigenvalue weighted by Gasteiger charge is -2.32. The molecule has 1 aliphatic rings. The van der Waals surface area contributed by atoms with Crippen molar-refractivity contribution >= 4 is 11.5 Å². The van der Waals surface area contributed by atoms with Crippen LogP contribution in [0.1, 0.15) is 18.7 Å². The molecule has 120 valence electrons. The van der Waals surface area contributed by atoms with Crippen molar-refractivity contribution in [3.8, 4) is 0 Å². The van der Waals surface area contributed by atoms with Gasteiger partial charge in [-0.15, -0.1) is 15.3 Å². The number of aromatic nitrogens is 4. The fourth-order valence-electron chi connectivity index (χ4n) is 2.51. The number of piperidine rings is 1. The molecule has 22 heavy (non-hydrogen) atoms. The minimum absolute atomic E-state index is 0.0152.